The number of amides is 1. The van der Waals surface area contributed by atoms with Crippen LogP contribution in [0.3, 0.4) is 0 Å². The van der Waals surface area contributed by atoms with Crippen molar-refractivity contribution in [2.45, 2.75) is 65.8 Å². The number of H-pyrrole nitrogens is 1. The molecule has 0 aliphatic heterocycles. The van der Waals surface area contributed by atoms with Gasteiger partial charge in [0.25, 0.3) is 5.56 Å². The molecule has 1 saturated carbocycles. The van der Waals surface area contributed by atoms with Crippen LogP contribution in [0.1, 0.15) is 71.5 Å². The van der Waals surface area contributed by atoms with Crippen LogP contribution in [0.15, 0.2) is 47.3 Å². The van der Waals surface area contributed by atoms with E-state index in [4.69, 9.17) is 0 Å². The third-order valence-corrected chi connectivity index (χ3v) is 7.14. The van der Waals surface area contributed by atoms with Crippen LogP contribution in [0.5, 0.6) is 0 Å². The van der Waals surface area contributed by atoms with Crippen molar-refractivity contribution in [3.63, 3.8) is 0 Å². The molecule has 174 valence electrons. The lowest BCUT2D eigenvalue weighted by Crippen LogP contribution is -2.39. The maximum Gasteiger partial charge on any atom is 0.275 e. The Balaban J connectivity index is 1.50. The summed E-state index contributed by atoms with van der Waals surface area (Å²) < 4.78 is 0. The molecule has 2 N–H and O–H groups in total. The average molecular weight is 447 g/mol. The van der Waals surface area contributed by atoms with Crippen LogP contribution in [0.2, 0.25) is 0 Å². The van der Waals surface area contributed by atoms with E-state index in [2.05, 4.69) is 41.3 Å². The zero-order chi connectivity index (χ0) is 23.6. The zero-order valence-electron chi connectivity index (χ0n) is 20.0. The van der Waals surface area contributed by atoms with Crippen molar-refractivity contribution in [2.75, 3.05) is 0 Å². The minimum Gasteiger partial charge on any atom is -0.347 e. The number of carbonyl (C=O) groups is 1. The van der Waals surface area contributed by atoms with Crippen molar-refractivity contribution in [1.82, 2.24) is 20.5 Å². The minimum atomic E-state index is -0.448. The average Bonchev–Trinajstić information content (AvgIpc) is 2.81. The Morgan fingerprint density at radius 1 is 1.06 bits per heavy atom. The van der Waals surface area contributed by atoms with Crippen LogP contribution in [-0.2, 0) is 4.79 Å². The molecule has 4 rings (SSSR count). The second-order valence-corrected chi connectivity index (χ2v) is 10.3. The highest BCUT2D eigenvalue weighted by Gasteiger charge is 2.33. The van der Waals surface area contributed by atoms with Crippen molar-refractivity contribution in [3.05, 3.63) is 58.5 Å². The monoisotopic (exact) mass is 446 g/mol. The molecule has 0 saturated heterocycles. The Labute approximate surface area is 195 Å². The van der Waals surface area contributed by atoms with E-state index >= 15 is 0 Å². The van der Waals surface area contributed by atoms with Crippen molar-refractivity contribution in [2.24, 2.45) is 17.3 Å². The summed E-state index contributed by atoms with van der Waals surface area (Å²) in [7, 11) is 0. The second-order valence-electron chi connectivity index (χ2n) is 10.3. The van der Waals surface area contributed by atoms with Crippen molar-refractivity contribution in [3.8, 4) is 11.4 Å². The number of benzene rings is 2. The Morgan fingerprint density at radius 2 is 1.76 bits per heavy atom. The van der Waals surface area contributed by atoms with Crippen molar-refractivity contribution < 1.29 is 4.79 Å². The predicted molar refractivity (Wildman–Crippen MR) is 132 cm³/mol. The van der Waals surface area contributed by atoms with Gasteiger partial charge >= 0.3 is 0 Å². The first-order valence-corrected chi connectivity index (χ1v) is 12.0. The number of aromatic nitrogens is 3. The first-order chi connectivity index (χ1) is 15.8. The molecule has 1 aliphatic carbocycles. The van der Waals surface area contributed by atoms with E-state index < -0.39 is 6.04 Å². The molecule has 0 spiro atoms. The lowest BCUT2D eigenvalue weighted by Gasteiger charge is -2.36. The summed E-state index contributed by atoms with van der Waals surface area (Å²) in [6, 6.07) is 13.4. The first kappa shape index (κ1) is 23.1. The van der Waals surface area contributed by atoms with Crippen LogP contribution in [0.4, 0.5) is 0 Å². The van der Waals surface area contributed by atoms with Crippen LogP contribution in [0, 0.1) is 17.3 Å². The van der Waals surface area contributed by atoms with E-state index in [1.165, 1.54) is 0 Å². The summed E-state index contributed by atoms with van der Waals surface area (Å²) in [5, 5.41) is 13.7. The van der Waals surface area contributed by atoms with E-state index in [0.717, 1.165) is 42.0 Å². The zero-order valence-corrected chi connectivity index (χ0v) is 20.0. The summed E-state index contributed by atoms with van der Waals surface area (Å²) in [5.41, 5.74) is 1.06. The largest absolute Gasteiger partial charge is 0.347 e. The summed E-state index contributed by atoms with van der Waals surface area (Å²) in [6.07, 6.45) is 4.50. The Hall–Kier alpha value is -3.02. The number of rotatable bonds is 5. The van der Waals surface area contributed by atoms with Crippen LogP contribution in [0.25, 0.3) is 22.2 Å². The van der Waals surface area contributed by atoms with Gasteiger partial charge < -0.3 is 10.3 Å². The molecular formula is C27H34N4O2. The van der Waals surface area contributed by atoms with Gasteiger partial charge in [-0.25, -0.2) is 0 Å². The van der Waals surface area contributed by atoms with Gasteiger partial charge in [-0.1, -0.05) is 70.2 Å². The van der Waals surface area contributed by atoms with E-state index in [1.54, 1.807) is 0 Å². The third-order valence-electron chi connectivity index (χ3n) is 7.14. The fourth-order valence-electron chi connectivity index (χ4n) is 5.00. The highest BCUT2D eigenvalue weighted by atomic mass is 16.2. The number of aromatic amines is 1. The molecule has 1 aliphatic rings. The van der Waals surface area contributed by atoms with E-state index in [0.29, 0.717) is 18.2 Å². The molecular weight excluding hydrogens is 412 g/mol. The van der Waals surface area contributed by atoms with Gasteiger partial charge in [-0.15, -0.1) is 10.2 Å². The molecule has 0 bridgehead atoms. The van der Waals surface area contributed by atoms with E-state index in [1.807, 2.05) is 49.4 Å². The highest BCUT2D eigenvalue weighted by Crippen LogP contribution is 2.40. The number of nitrogens with zero attached hydrogens (tertiary/aromatic N) is 2. The molecule has 3 aromatic rings. The SMILES string of the molecule is CCC(NC(=O)C1CCC(C(C)(C)C)CC1)c1nnc(-c2cccc3ccccc23)[nH]c1=O. The smallest absolute Gasteiger partial charge is 0.275 e. The molecule has 1 fully saturated rings. The second kappa shape index (κ2) is 9.46. The summed E-state index contributed by atoms with van der Waals surface area (Å²) in [5.74, 6) is 1.11. The molecule has 0 radical (unpaired) electrons. The maximum absolute atomic E-state index is 13.0. The molecule has 6 heteroatoms. The number of fused-ring (bicyclic) bond motifs is 1. The van der Waals surface area contributed by atoms with Gasteiger partial charge in [-0.05, 0) is 54.2 Å². The number of nitrogens with one attached hydrogen (secondary N) is 2. The molecule has 1 aromatic heterocycles. The normalized spacial score (nSPS) is 19.9. The fraction of sp³-hybridized carbons (Fsp3) is 0.481. The van der Waals surface area contributed by atoms with E-state index in [-0.39, 0.29) is 28.5 Å². The molecule has 1 atom stereocenters. The lowest BCUT2D eigenvalue weighted by atomic mass is 9.69. The van der Waals surface area contributed by atoms with Gasteiger partial charge in [-0.2, -0.15) is 0 Å². The highest BCUT2D eigenvalue weighted by molar-refractivity contribution is 5.94. The maximum atomic E-state index is 13.0. The van der Waals surface area contributed by atoms with E-state index in [9.17, 15) is 9.59 Å². The van der Waals surface area contributed by atoms with Crippen molar-refractivity contribution >= 4 is 16.7 Å². The first-order valence-electron chi connectivity index (χ1n) is 12.0. The minimum absolute atomic E-state index is 0.000327. The number of carbonyl (C=O) groups excluding carboxylic acids is 1. The quantitative estimate of drug-likeness (QED) is 0.549. The van der Waals surface area contributed by atoms with Crippen LogP contribution in [-0.4, -0.2) is 21.1 Å². The summed E-state index contributed by atoms with van der Waals surface area (Å²) in [6.45, 7) is 8.77. The Kier molecular flexibility index (Phi) is 6.63. The summed E-state index contributed by atoms with van der Waals surface area (Å²) >= 11 is 0. The Bertz CT molecular complexity index is 1180. The molecule has 1 unspecified atom stereocenters. The standard InChI is InChI=1S/C27H34N4O2/c1-5-22(28-25(32)18-13-15-19(16-14-18)27(2,3)4)23-26(33)29-24(31-30-23)21-12-8-10-17-9-6-7-11-20(17)21/h6-12,18-19,22H,5,13-16H2,1-4H3,(H,28,32)(H,29,31,33). The lowest BCUT2D eigenvalue weighted by molar-refractivity contribution is -0.127. The third kappa shape index (κ3) is 5.00. The summed E-state index contributed by atoms with van der Waals surface area (Å²) in [4.78, 5) is 28.8. The molecule has 1 amide bonds. The van der Waals surface area contributed by atoms with Gasteiger partial charge in [0.2, 0.25) is 5.91 Å². The van der Waals surface area contributed by atoms with Crippen LogP contribution < -0.4 is 10.9 Å². The molecule has 33 heavy (non-hydrogen) atoms. The fourth-order valence-corrected chi connectivity index (χ4v) is 5.00. The van der Waals surface area contributed by atoms with Gasteiger partial charge in [0.15, 0.2) is 11.5 Å². The van der Waals surface area contributed by atoms with Crippen molar-refractivity contribution in [1.29, 1.82) is 0 Å². The Morgan fingerprint density at radius 3 is 2.42 bits per heavy atom. The van der Waals surface area contributed by atoms with Crippen LogP contribution >= 0.6 is 0 Å². The molecule has 1 heterocycles. The van der Waals surface area contributed by atoms with Gasteiger partial charge in [0, 0.05) is 11.5 Å². The van der Waals surface area contributed by atoms with Gasteiger partial charge in [0.05, 0.1) is 6.04 Å². The topological polar surface area (TPSA) is 87.7 Å². The molecule has 2 aromatic carbocycles. The number of hydrogen-bond donors (Lipinski definition) is 2. The molecule has 6 nitrogen and oxygen atoms in total. The number of hydrogen-bond acceptors (Lipinski definition) is 4. The van der Waals surface area contributed by atoms with Gasteiger partial charge in [0.1, 0.15) is 0 Å². The predicted octanol–water partition coefficient (Wildman–Crippen LogP) is 5.40. The van der Waals surface area contributed by atoms with Gasteiger partial charge in [-0.3, -0.25) is 9.59 Å².